The van der Waals surface area contributed by atoms with Crippen molar-refractivity contribution in [3.05, 3.63) is 0 Å². The third-order valence-corrected chi connectivity index (χ3v) is 3.04. The van der Waals surface area contributed by atoms with Gasteiger partial charge in [0.2, 0.25) is 0 Å². The lowest BCUT2D eigenvalue weighted by molar-refractivity contribution is -0.140. The van der Waals surface area contributed by atoms with Crippen molar-refractivity contribution in [3.8, 4) is 0 Å². The Morgan fingerprint density at radius 1 is 1.06 bits per heavy atom. The molecule has 0 aromatic heterocycles. The first kappa shape index (κ1) is 16.4. The number of unbranched alkanes of at least 4 members (excludes halogenated alkanes) is 5. The fraction of sp³-hybridized carbons (Fsp3) is 0.929. The van der Waals surface area contributed by atoms with Crippen molar-refractivity contribution in [2.45, 2.75) is 77.2 Å². The molecule has 0 radical (unpaired) electrons. The lowest BCUT2D eigenvalue weighted by Gasteiger charge is -2.09. The van der Waals surface area contributed by atoms with Gasteiger partial charge in [-0.15, -0.1) is 0 Å². The minimum atomic E-state index is -0.111. The fourth-order valence-electron chi connectivity index (χ4n) is 1.87. The number of hydrogen-bond donors (Lipinski definition) is 1. The molecule has 0 bridgehead atoms. The molecule has 0 aliphatic carbocycles. The molecule has 0 saturated carbocycles. The first-order chi connectivity index (χ1) is 8.20. The monoisotopic (exact) mass is 244 g/mol. The van der Waals surface area contributed by atoms with E-state index in [1.54, 1.807) is 0 Å². The molecule has 0 aliphatic heterocycles. The summed E-state index contributed by atoms with van der Waals surface area (Å²) in [6, 6.07) is 0. The maximum absolute atomic E-state index is 10.8. The molecule has 3 nitrogen and oxygen atoms in total. The Morgan fingerprint density at radius 3 is 2.29 bits per heavy atom. The molecule has 0 aromatic carbocycles. The van der Waals surface area contributed by atoms with Gasteiger partial charge in [0.15, 0.2) is 0 Å². The molecule has 1 atom stereocenters. The summed E-state index contributed by atoms with van der Waals surface area (Å²) >= 11 is 0. The Bertz CT molecular complexity index is 180. The van der Waals surface area contributed by atoms with Crippen molar-refractivity contribution >= 4 is 5.97 Å². The maximum atomic E-state index is 10.8. The van der Waals surface area contributed by atoms with E-state index in [1.807, 2.05) is 0 Å². The third kappa shape index (κ3) is 11.7. The zero-order valence-electron chi connectivity index (χ0n) is 11.4. The van der Waals surface area contributed by atoms with Crippen LogP contribution in [0.5, 0.6) is 0 Å². The van der Waals surface area contributed by atoms with Gasteiger partial charge >= 0.3 is 5.97 Å². The Morgan fingerprint density at radius 2 is 1.65 bits per heavy atom. The van der Waals surface area contributed by atoms with Gasteiger partial charge in [0.05, 0.1) is 13.2 Å². The smallest absolute Gasteiger partial charge is 0.305 e. The predicted octanol–water partition coefficient (Wildman–Crippen LogP) is 3.44. The van der Waals surface area contributed by atoms with Gasteiger partial charge < -0.3 is 9.84 Å². The highest BCUT2D eigenvalue weighted by molar-refractivity contribution is 5.68. The Balaban J connectivity index is 3.15. The maximum Gasteiger partial charge on any atom is 0.305 e. The molecule has 0 spiro atoms. The number of methoxy groups -OCH3 is 1. The number of aliphatic hydroxyl groups excluding tert-OH is 1. The van der Waals surface area contributed by atoms with Crippen LogP contribution in [0.1, 0.15) is 71.1 Å². The van der Waals surface area contributed by atoms with Gasteiger partial charge in [0, 0.05) is 6.42 Å². The van der Waals surface area contributed by atoms with Crippen LogP contribution < -0.4 is 0 Å². The van der Waals surface area contributed by atoms with Crippen LogP contribution in [-0.2, 0) is 9.53 Å². The molecule has 0 fully saturated rings. The molecule has 102 valence electrons. The van der Waals surface area contributed by atoms with Gasteiger partial charge in [0.1, 0.15) is 0 Å². The molecule has 0 rings (SSSR count). The van der Waals surface area contributed by atoms with Crippen LogP contribution in [0.3, 0.4) is 0 Å². The van der Waals surface area contributed by atoms with Crippen LogP contribution in [-0.4, -0.2) is 24.3 Å². The van der Waals surface area contributed by atoms with E-state index in [1.165, 1.54) is 7.11 Å². The molecule has 0 heterocycles. The first-order valence-electron chi connectivity index (χ1n) is 6.95. The minimum absolute atomic E-state index is 0.106. The number of hydrogen-bond acceptors (Lipinski definition) is 3. The number of aliphatic hydroxyl groups is 1. The summed E-state index contributed by atoms with van der Waals surface area (Å²) in [5, 5.41) is 9.63. The zero-order valence-corrected chi connectivity index (χ0v) is 11.4. The SMILES string of the molecule is CCCCC(O)CCCCCCCC(=O)OC. The summed E-state index contributed by atoms with van der Waals surface area (Å²) in [4.78, 5) is 10.8. The average Bonchev–Trinajstić information content (AvgIpc) is 2.34. The summed E-state index contributed by atoms with van der Waals surface area (Å²) < 4.78 is 4.57. The van der Waals surface area contributed by atoms with E-state index in [4.69, 9.17) is 0 Å². The van der Waals surface area contributed by atoms with E-state index in [9.17, 15) is 9.90 Å². The van der Waals surface area contributed by atoms with Crippen LogP contribution >= 0.6 is 0 Å². The molecule has 0 aliphatic rings. The largest absolute Gasteiger partial charge is 0.469 e. The molecular formula is C14H28O3. The summed E-state index contributed by atoms with van der Waals surface area (Å²) in [5.74, 6) is -0.111. The Labute approximate surface area is 106 Å². The number of carbonyl (C=O) groups excluding carboxylic acids is 1. The number of carbonyl (C=O) groups is 1. The summed E-state index contributed by atoms with van der Waals surface area (Å²) in [6.07, 6.45) is 10.00. The van der Waals surface area contributed by atoms with E-state index < -0.39 is 0 Å². The van der Waals surface area contributed by atoms with Crippen molar-refractivity contribution in [1.29, 1.82) is 0 Å². The van der Waals surface area contributed by atoms with E-state index in [-0.39, 0.29) is 12.1 Å². The highest BCUT2D eigenvalue weighted by Gasteiger charge is 2.03. The van der Waals surface area contributed by atoms with Crippen LogP contribution in [0.15, 0.2) is 0 Å². The van der Waals surface area contributed by atoms with Gasteiger partial charge in [-0.3, -0.25) is 4.79 Å². The first-order valence-corrected chi connectivity index (χ1v) is 6.95. The van der Waals surface area contributed by atoms with Crippen LogP contribution in [0.4, 0.5) is 0 Å². The topological polar surface area (TPSA) is 46.5 Å². The highest BCUT2D eigenvalue weighted by Crippen LogP contribution is 2.12. The summed E-state index contributed by atoms with van der Waals surface area (Å²) in [7, 11) is 1.43. The van der Waals surface area contributed by atoms with Crippen LogP contribution in [0, 0.1) is 0 Å². The zero-order chi connectivity index (χ0) is 12.9. The predicted molar refractivity (Wildman–Crippen MR) is 69.9 cm³/mol. The van der Waals surface area contributed by atoms with Crippen molar-refractivity contribution in [2.24, 2.45) is 0 Å². The second-order valence-electron chi connectivity index (χ2n) is 4.68. The van der Waals surface area contributed by atoms with E-state index in [0.717, 1.165) is 57.8 Å². The Kier molecular flexibility index (Phi) is 11.5. The molecule has 1 N–H and O–H groups in total. The van der Waals surface area contributed by atoms with Crippen molar-refractivity contribution < 1.29 is 14.6 Å². The fourth-order valence-corrected chi connectivity index (χ4v) is 1.87. The van der Waals surface area contributed by atoms with Gasteiger partial charge in [-0.05, 0) is 19.3 Å². The van der Waals surface area contributed by atoms with Crippen molar-refractivity contribution in [3.63, 3.8) is 0 Å². The standard InChI is InChI=1S/C14H28O3/c1-3-4-10-13(15)11-8-6-5-7-9-12-14(16)17-2/h13,15H,3-12H2,1-2H3. The van der Waals surface area contributed by atoms with Crippen LogP contribution in [0.25, 0.3) is 0 Å². The third-order valence-electron chi connectivity index (χ3n) is 3.04. The summed E-state index contributed by atoms with van der Waals surface area (Å²) in [6.45, 7) is 2.15. The van der Waals surface area contributed by atoms with E-state index >= 15 is 0 Å². The second-order valence-corrected chi connectivity index (χ2v) is 4.68. The molecule has 1 unspecified atom stereocenters. The molecule has 0 saturated heterocycles. The lowest BCUT2D eigenvalue weighted by Crippen LogP contribution is -2.05. The van der Waals surface area contributed by atoms with E-state index in [0.29, 0.717) is 6.42 Å². The van der Waals surface area contributed by atoms with E-state index in [2.05, 4.69) is 11.7 Å². The Hall–Kier alpha value is -0.570. The van der Waals surface area contributed by atoms with Crippen LogP contribution in [0.2, 0.25) is 0 Å². The van der Waals surface area contributed by atoms with Gasteiger partial charge in [-0.2, -0.15) is 0 Å². The average molecular weight is 244 g/mol. The summed E-state index contributed by atoms with van der Waals surface area (Å²) in [5.41, 5.74) is 0. The van der Waals surface area contributed by atoms with Gasteiger partial charge in [0.25, 0.3) is 0 Å². The molecule has 3 heteroatoms. The minimum Gasteiger partial charge on any atom is -0.469 e. The number of ether oxygens (including phenoxy) is 1. The quantitative estimate of drug-likeness (QED) is 0.447. The van der Waals surface area contributed by atoms with Gasteiger partial charge in [-0.25, -0.2) is 0 Å². The molecule has 0 aromatic rings. The normalized spacial score (nSPS) is 12.4. The number of esters is 1. The van der Waals surface area contributed by atoms with Crippen molar-refractivity contribution in [2.75, 3.05) is 7.11 Å². The molecular weight excluding hydrogens is 216 g/mol. The number of rotatable bonds is 11. The van der Waals surface area contributed by atoms with Gasteiger partial charge in [-0.1, -0.05) is 45.4 Å². The highest BCUT2D eigenvalue weighted by atomic mass is 16.5. The molecule has 17 heavy (non-hydrogen) atoms. The molecule has 0 amide bonds. The lowest BCUT2D eigenvalue weighted by atomic mass is 10.0. The second kappa shape index (κ2) is 11.9. The van der Waals surface area contributed by atoms with Crippen molar-refractivity contribution in [1.82, 2.24) is 0 Å².